The van der Waals surface area contributed by atoms with Crippen LogP contribution in [0.3, 0.4) is 0 Å². The number of hydrogen-bond donors (Lipinski definition) is 1. The molecule has 2 aliphatic carbocycles. The molecule has 2 aliphatic rings. The highest BCUT2D eigenvalue weighted by atomic mass is 15.0. The van der Waals surface area contributed by atoms with Crippen LogP contribution in [0.1, 0.15) is 46.5 Å². The second-order valence-electron chi connectivity index (χ2n) is 5.05. The van der Waals surface area contributed by atoms with Gasteiger partial charge in [-0.3, -0.25) is 0 Å². The lowest BCUT2D eigenvalue weighted by molar-refractivity contribution is 0.371. The maximum absolute atomic E-state index is 3.76. The Hall–Kier alpha value is -0.0400. The van der Waals surface area contributed by atoms with E-state index in [2.05, 4.69) is 26.1 Å². The lowest BCUT2D eigenvalue weighted by Crippen LogP contribution is -2.35. The minimum Gasteiger partial charge on any atom is -0.311 e. The summed E-state index contributed by atoms with van der Waals surface area (Å²) in [4.78, 5) is 0. The second-order valence-corrected chi connectivity index (χ2v) is 5.05. The third-order valence-corrected chi connectivity index (χ3v) is 4.00. The first-order chi connectivity index (χ1) is 5.65. The summed E-state index contributed by atoms with van der Waals surface area (Å²) in [6.07, 6.45) is 5.66. The van der Waals surface area contributed by atoms with Gasteiger partial charge in [-0.2, -0.15) is 0 Å². The Morgan fingerprint density at radius 3 is 2.58 bits per heavy atom. The van der Waals surface area contributed by atoms with Crippen LogP contribution in [0.15, 0.2) is 0 Å². The highest BCUT2D eigenvalue weighted by Crippen LogP contribution is 2.49. The van der Waals surface area contributed by atoms with Gasteiger partial charge in [0, 0.05) is 12.1 Å². The van der Waals surface area contributed by atoms with Gasteiger partial charge < -0.3 is 5.32 Å². The van der Waals surface area contributed by atoms with Crippen LogP contribution in [-0.2, 0) is 0 Å². The van der Waals surface area contributed by atoms with E-state index >= 15 is 0 Å². The van der Waals surface area contributed by atoms with Gasteiger partial charge in [-0.05, 0) is 37.5 Å². The van der Waals surface area contributed by atoms with Crippen LogP contribution in [-0.4, -0.2) is 12.1 Å². The topological polar surface area (TPSA) is 12.0 Å². The molecule has 0 radical (unpaired) electrons. The van der Waals surface area contributed by atoms with E-state index in [4.69, 9.17) is 0 Å². The summed E-state index contributed by atoms with van der Waals surface area (Å²) in [5, 5.41) is 3.76. The molecule has 2 rings (SSSR count). The van der Waals surface area contributed by atoms with Crippen LogP contribution in [0.5, 0.6) is 0 Å². The van der Waals surface area contributed by atoms with Gasteiger partial charge in [0.25, 0.3) is 0 Å². The SMILES string of the molecule is CCC1CC1NC(C)C1(C)CC1. The standard InChI is InChI=1S/C11H21N/c1-4-9-7-10(9)12-8(2)11(3)5-6-11/h8-10,12H,4-7H2,1-3H3. The first-order valence-electron chi connectivity index (χ1n) is 5.42. The van der Waals surface area contributed by atoms with Crippen LogP contribution in [0.4, 0.5) is 0 Å². The molecule has 0 bridgehead atoms. The lowest BCUT2D eigenvalue weighted by Gasteiger charge is -2.20. The maximum atomic E-state index is 3.76. The third kappa shape index (κ3) is 1.52. The Labute approximate surface area is 75.9 Å². The van der Waals surface area contributed by atoms with E-state index in [0.29, 0.717) is 5.41 Å². The van der Waals surface area contributed by atoms with Crippen LogP contribution >= 0.6 is 0 Å². The molecule has 3 unspecified atom stereocenters. The van der Waals surface area contributed by atoms with Crippen molar-refractivity contribution in [3.05, 3.63) is 0 Å². The van der Waals surface area contributed by atoms with Crippen molar-refractivity contribution in [2.45, 2.75) is 58.5 Å². The van der Waals surface area contributed by atoms with Crippen molar-refractivity contribution >= 4 is 0 Å². The highest BCUT2D eigenvalue weighted by Gasteiger charge is 2.45. The minimum absolute atomic E-state index is 0.654. The van der Waals surface area contributed by atoms with E-state index in [0.717, 1.165) is 18.0 Å². The minimum atomic E-state index is 0.654. The van der Waals surface area contributed by atoms with E-state index in [1.54, 1.807) is 0 Å². The molecule has 1 heteroatoms. The molecule has 2 fully saturated rings. The molecular weight excluding hydrogens is 146 g/mol. The van der Waals surface area contributed by atoms with E-state index < -0.39 is 0 Å². The largest absolute Gasteiger partial charge is 0.311 e. The zero-order valence-electron chi connectivity index (χ0n) is 8.56. The fourth-order valence-corrected chi connectivity index (χ4v) is 2.06. The fraction of sp³-hybridized carbons (Fsp3) is 1.00. The number of hydrogen-bond acceptors (Lipinski definition) is 1. The third-order valence-electron chi connectivity index (χ3n) is 4.00. The molecule has 0 spiro atoms. The molecule has 1 nitrogen and oxygen atoms in total. The van der Waals surface area contributed by atoms with E-state index in [1.165, 1.54) is 25.7 Å². The Kier molecular flexibility index (Phi) is 1.95. The quantitative estimate of drug-likeness (QED) is 0.678. The normalized spacial score (nSPS) is 39.2. The summed E-state index contributed by atoms with van der Waals surface area (Å²) in [5.74, 6) is 0.995. The first-order valence-corrected chi connectivity index (χ1v) is 5.42. The Morgan fingerprint density at radius 1 is 1.50 bits per heavy atom. The molecule has 12 heavy (non-hydrogen) atoms. The van der Waals surface area contributed by atoms with E-state index in [1.807, 2.05) is 0 Å². The first kappa shape index (κ1) is 8.55. The molecule has 0 aromatic carbocycles. The van der Waals surface area contributed by atoms with Crippen molar-refractivity contribution in [1.29, 1.82) is 0 Å². The van der Waals surface area contributed by atoms with Crippen molar-refractivity contribution in [2.75, 3.05) is 0 Å². The Morgan fingerprint density at radius 2 is 2.17 bits per heavy atom. The molecule has 0 heterocycles. The van der Waals surface area contributed by atoms with Gasteiger partial charge in [0.1, 0.15) is 0 Å². The average Bonchev–Trinajstić information content (AvgIpc) is 2.89. The molecule has 2 saturated carbocycles. The predicted octanol–water partition coefficient (Wildman–Crippen LogP) is 2.56. The van der Waals surface area contributed by atoms with E-state index in [9.17, 15) is 0 Å². The van der Waals surface area contributed by atoms with Gasteiger partial charge >= 0.3 is 0 Å². The molecule has 0 aromatic heterocycles. The van der Waals surface area contributed by atoms with Crippen molar-refractivity contribution in [1.82, 2.24) is 5.32 Å². The number of nitrogens with one attached hydrogen (secondary N) is 1. The summed E-state index contributed by atoms with van der Waals surface area (Å²) in [5.41, 5.74) is 0.654. The van der Waals surface area contributed by atoms with Gasteiger partial charge in [0.2, 0.25) is 0 Å². The zero-order chi connectivity index (χ0) is 8.77. The second kappa shape index (κ2) is 2.73. The number of rotatable bonds is 4. The van der Waals surface area contributed by atoms with Crippen molar-refractivity contribution in [2.24, 2.45) is 11.3 Å². The van der Waals surface area contributed by atoms with E-state index in [-0.39, 0.29) is 0 Å². The smallest absolute Gasteiger partial charge is 0.0102 e. The summed E-state index contributed by atoms with van der Waals surface area (Å²) in [7, 11) is 0. The molecule has 0 saturated heterocycles. The monoisotopic (exact) mass is 167 g/mol. The molecule has 0 aromatic rings. The Balaban J connectivity index is 1.73. The predicted molar refractivity (Wildman–Crippen MR) is 52.1 cm³/mol. The van der Waals surface area contributed by atoms with Crippen LogP contribution in [0, 0.1) is 11.3 Å². The summed E-state index contributed by atoms with van der Waals surface area (Å²) in [6.45, 7) is 7.07. The molecule has 3 atom stereocenters. The molecule has 0 amide bonds. The summed E-state index contributed by atoms with van der Waals surface area (Å²) < 4.78 is 0. The molecule has 0 aliphatic heterocycles. The van der Waals surface area contributed by atoms with Gasteiger partial charge in [0.05, 0.1) is 0 Å². The van der Waals surface area contributed by atoms with Crippen molar-refractivity contribution in [3.8, 4) is 0 Å². The molecular formula is C11H21N. The van der Waals surface area contributed by atoms with Crippen molar-refractivity contribution in [3.63, 3.8) is 0 Å². The van der Waals surface area contributed by atoms with Gasteiger partial charge in [-0.15, -0.1) is 0 Å². The summed E-state index contributed by atoms with van der Waals surface area (Å²) in [6, 6.07) is 1.61. The van der Waals surface area contributed by atoms with Crippen LogP contribution in [0.2, 0.25) is 0 Å². The Bertz CT molecular complexity index is 172. The van der Waals surface area contributed by atoms with Crippen molar-refractivity contribution < 1.29 is 0 Å². The molecule has 1 N–H and O–H groups in total. The van der Waals surface area contributed by atoms with Gasteiger partial charge in [0.15, 0.2) is 0 Å². The summed E-state index contributed by atoms with van der Waals surface area (Å²) >= 11 is 0. The lowest BCUT2D eigenvalue weighted by atomic mass is 10.0. The highest BCUT2D eigenvalue weighted by molar-refractivity contribution is 5.01. The van der Waals surface area contributed by atoms with Crippen LogP contribution < -0.4 is 5.32 Å². The maximum Gasteiger partial charge on any atom is 0.0102 e. The molecule has 70 valence electrons. The van der Waals surface area contributed by atoms with Gasteiger partial charge in [-0.25, -0.2) is 0 Å². The average molecular weight is 167 g/mol. The van der Waals surface area contributed by atoms with Crippen LogP contribution in [0.25, 0.3) is 0 Å². The van der Waals surface area contributed by atoms with Gasteiger partial charge in [-0.1, -0.05) is 20.3 Å². The zero-order valence-corrected chi connectivity index (χ0v) is 8.56. The fourth-order valence-electron chi connectivity index (χ4n) is 2.06.